The first-order valence-corrected chi connectivity index (χ1v) is 10.00. The lowest BCUT2D eigenvalue weighted by Crippen LogP contribution is -2.46. The van der Waals surface area contributed by atoms with Crippen molar-refractivity contribution in [2.24, 2.45) is 0 Å². The van der Waals surface area contributed by atoms with E-state index in [0.29, 0.717) is 16.5 Å². The van der Waals surface area contributed by atoms with Gasteiger partial charge in [0.15, 0.2) is 0 Å². The summed E-state index contributed by atoms with van der Waals surface area (Å²) in [6.07, 6.45) is 4.06. The van der Waals surface area contributed by atoms with Crippen molar-refractivity contribution in [3.8, 4) is 6.07 Å². The number of pyridine rings is 2. The zero-order chi connectivity index (χ0) is 21.4. The van der Waals surface area contributed by atoms with Crippen LogP contribution in [0.15, 0.2) is 54.9 Å². The average Bonchev–Trinajstić information content (AvgIpc) is 3.20. The number of hydrogen-bond donors (Lipinski definition) is 0. The van der Waals surface area contributed by atoms with Gasteiger partial charge in [-0.3, -0.25) is 15.0 Å². The summed E-state index contributed by atoms with van der Waals surface area (Å²) in [5.41, 5.74) is 2.93. The van der Waals surface area contributed by atoms with Crippen LogP contribution in [0, 0.1) is 21.4 Å². The third-order valence-corrected chi connectivity index (χ3v) is 5.61. The van der Waals surface area contributed by atoms with Gasteiger partial charge < -0.3 is 9.30 Å². The lowest BCUT2D eigenvalue weighted by Gasteiger charge is -2.35. The highest BCUT2D eigenvalue weighted by atomic mass is 16.6. The Bertz CT molecular complexity index is 1300. The monoisotopic (exact) mass is 413 g/mol. The van der Waals surface area contributed by atoms with Crippen molar-refractivity contribution in [2.45, 2.75) is 6.54 Å². The van der Waals surface area contributed by atoms with Gasteiger partial charge >= 0.3 is 0 Å². The molecule has 3 aromatic heterocycles. The van der Waals surface area contributed by atoms with Crippen molar-refractivity contribution in [1.82, 2.24) is 19.3 Å². The summed E-state index contributed by atoms with van der Waals surface area (Å²) in [5, 5.41) is 21.1. The summed E-state index contributed by atoms with van der Waals surface area (Å²) in [6.45, 7) is 4.06. The maximum absolute atomic E-state index is 11.1. The van der Waals surface area contributed by atoms with E-state index in [0.717, 1.165) is 49.9 Å². The Hall–Kier alpha value is -4.03. The fourth-order valence-corrected chi connectivity index (χ4v) is 4.00. The standard InChI is InChI=1S/C22H19N7O2/c23-13-16-11-22(25-20-5-4-18(29(30)31)12-19(16)20)27-9-7-26(8-10-27)14-17-15-28-6-2-1-3-21(28)24-17/h1-6,11-12,15H,7-10,14H2. The molecule has 1 aliphatic rings. The summed E-state index contributed by atoms with van der Waals surface area (Å²) in [7, 11) is 0. The quantitative estimate of drug-likeness (QED) is 0.374. The Morgan fingerprint density at radius 1 is 1.10 bits per heavy atom. The molecule has 1 aliphatic heterocycles. The van der Waals surface area contributed by atoms with Gasteiger partial charge in [0, 0.05) is 62.6 Å². The number of piperazine rings is 1. The Balaban J connectivity index is 1.32. The second kappa shape index (κ2) is 7.66. The predicted molar refractivity (Wildman–Crippen MR) is 116 cm³/mol. The molecular weight excluding hydrogens is 394 g/mol. The summed E-state index contributed by atoms with van der Waals surface area (Å²) >= 11 is 0. The van der Waals surface area contributed by atoms with Crippen LogP contribution in [0.1, 0.15) is 11.3 Å². The minimum Gasteiger partial charge on any atom is -0.354 e. The first-order chi connectivity index (χ1) is 15.1. The zero-order valence-corrected chi connectivity index (χ0v) is 16.7. The number of fused-ring (bicyclic) bond motifs is 2. The molecule has 4 heterocycles. The highest BCUT2D eigenvalue weighted by molar-refractivity contribution is 5.88. The Kier molecular flexibility index (Phi) is 4.69. The number of benzene rings is 1. The van der Waals surface area contributed by atoms with E-state index in [9.17, 15) is 15.4 Å². The number of nitro groups is 1. The number of anilines is 1. The number of aromatic nitrogens is 3. The number of imidazole rings is 1. The molecule has 0 spiro atoms. The van der Waals surface area contributed by atoms with E-state index in [-0.39, 0.29) is 5.69 Å². The van der Waals surface area contributed by atoms with E-state index in [1.54, 1.807) is 12.1 Å². The normalized spacial score (nSPS) is 14.7. The van der Waals surface area contributed by atoms with Crippen LogP contribution in [0.25, 0.3) is 16.6 Å². The molecule has 1 aromatic carbocycles. The maximum atomic E-state index is 11.1. The molecule has 0 aliphatic carbocycles. The van der Waals surface area contributed by atoms with E-state index < -0.39 is 4.92 Å². The van der Waals surface area contributed by atoms with Crippen LogP contribution < -0.4 is 4.90 Å². The molecule has 31 heavy (non-hydrogen) atoms. The second-order valence-corrected chi connectivity index (χ2v) is 7.56. The third-order valence-electron chi connectivity index (χ3n) is 5.61. The molecule has 154 valence electrons. The summed E-state index contributed by atoms with van der Waals surface area (Å²) < 4.78 is 2.03. The van der Waals surface area contributed by atoms with Crippen LogP contribution in [-0.4, -0.2) is 50.4 Å². The lowest BCUT2D eigenvalue weighted by atomic mass is 10.1. The van der Waals surface area contributed by atoms with Crippen LogP contribution in [0.4, 0.5) is 11.5 Å². The first kappa shape index (κ1) is 19.0. The predicted octanol–water partition coefficient (Wildman–Crippen LogP) is 2.98. The molecule has 1 fully saturated rings. The molecule has 9 nitrogen and oxygen atoms in total. The number of hydrogen-bond acceptors (Lipinski definition) is 7. The van der Waals surface area contributed by atoms with Crippen molar-refractivity contribution in [3.05, 3.63) is 76.2 Å². The van der Waals surface area contributed by atoms with Crippen molar-refractivity contribution in [1.29, 1.82) is 5.26 Å². The van der Waals surface area contributed by atoms with Crippen LogP contribution in [0.5, 0.6) is 0 Å². The number of rotatable bonds is 4. The van der Waals surface area contributed by atoms with Gasteiger partial charge in [-0.15, -0.1) is 0 Å². The van der Waals surface area contributed by atoms with Crippen LogP contribution in [0.3, 0.4) is 0 Å². The molecule has 0 saturated carbocycles. The molecule has 9 heteroatoms. The van der Waals surface area contributed by atoms with Crippen molar-refractivity contribution >= 4 is 28.1 Å². The number of nitriles is 1. The van der Waals surface area contributed by atoms with E-state index >= 15 is 0 Å². The summed E-state index contributed by atoms with van der Waals surface area (Å²) in [4.78, 5) is 24.4. The molecule has 5 rings (SSSR count). The van der Waals surface area contributed by atoms with E-state index in [4.69, 9.17) is 0 Å². The highest BCUT2D eigenvalue weighted by Crippen LogP contribution is 2.27. The SMILES string of the molecule is N#Cc1cc(N2CCN(Cc3cn4ccccc4n3)CC2)nc2ccc([N+](=O)[O-])cc12. The van der Waals surface area contributed by atoms with E-state index in [1.165, 1.54) is 12.1 Å². The van der Waals surface area contributed by atoms with Gasteiger partial charge in [0.1, 0.15) is 11.5 Å². The number of non-ortho nitro benzene ring substituents is 1. The fourth-order valence-electron chi connectivity index (χ4n) is 4.00. The summed E-state index contributed by atoms with van der Waals surface area (Å²) in [5.74, 6) is 0.727. The van der Waals surface area contributed by atoms with Crippen molar-refractivity contribution in [3.63, 3.8) is 0 Å². The minimum absolute atomic E-state index is 0.0425. The lowest BCUT2D eigenvalue weighted by molar-refractivity contribution is -0.384. The Morgan fingerprint density at radius 2 is 1.94 bits per heavy atom. The van der Waals surface area contributed by atoms with Crippen LogP contribution in [0.2, 0.25) is 0 Å². The van der Waals surface area contributed by atoms with Gasteiger partial charge in [-0.05, 0) is 24.3 Å². The summed E-state index contributed by atoms with van der Waals surface area (Å²) in [6, 6.07) is 14.3. The second-order valence-electron chi connectivity index (χ2n) is 7.56. The third kappa shape index (κ3) is 3.65. The minimum atomic E-state index is -0.461. The maximum Gasteiger partial charge on any atom is 0.270 e. The van der Waals surface area contributed by atoms with E-state index in [2.05, 4.69) is 32.0 Å². The molecule has 1 saturated heterocycles. The van der Waals surface area contributed by atoms with Crippen LogP contribution in [-0.2, 0) is 6.54 Å². The van der Waals surface area contributed by atoms with Gasteiger partial charge in [-0.1, -0.05) is 6.07 Å². The molecule has 0 bridgehead atoms. The largest absolute Gasteiger partial charge is 0.354 e. The van der Waals surface area contributed by atoms with Gasteiger partial charge in [0.2, 0.25) is 0 Å². The molecule has 0 N–H and O–H groups in total. The average molecular weight is 413 g/mol. The van der Waals surface area contributed by atoms with Gasteiger partial charge in [0.05, 0.1) is 27.8 Å². The topological polar surface area (TPSA) is 104 Å². The smallest absolute Gasteiger partial charge is 0.270 e. The van der Waals surface area contributed by atoms with Crippen LogP contribution >= 0.6 is 0 Å². The molecule has 0 unspecified atom stereocenters. The van der Waals surface area contributed by atoms with Gasteiger partial charge in [0.25, 0.3) is 5.69 Å². The number of nitro benzene ring substituents is 1. The highest BCUT2D eigenvalue weighted by Gasteiger charge is 2.21. The van der Waals surface area contributed by atoms with Gasteiger partial charge in [-0.25, -0.2) is 9.97 Å². The Labute approximate surface area is 177 Å². The van der Waals surface area contributed by atoms with Crippen molar-refractivity contribution < 1.29 is 4.92 Å². The molecule has 0 atom stereocenters. The zero-order valence-electron chi connectivity index (χ0n) is 16.7. The van der Waals surface area contributed by atoms with Crippen molar-refractivity contribution in [2.75, 3.05) is 31.1 Å². The first-order valence-electron chi connectivity index (χ1n) is 10.00. The molecule has 0 amide bonds. The molecular formula is C22H19N7O2. The van der Waals surface area contributed by atoms with Gasteiger partial charge in [-0.2, -0.15) is 5.26 Å². The Morgan fingerprint density at radius 3 is 2.68 bits per heavy atom. The molecule has 0 radical (unpaired) electrons. The molecule has 4 aromatic rings. The fraction of sp³-hybridized carbons (Fsp3) is 0.227. The number of nitrogens with zero attached hydrogens (tertiary/aromatic N) is 7. The van der Waals surface area contributed by atoms with E-state index in [1.807, 2.05) is 28.8 Å².